The molecule has 0 aromatic carbocycles. The number of Topliss-reactive ketones (excluding diaryl/α,β-unsaturated/α-hetero) is 2. The normalized spacial score (nSPS) is 14.1. The van der Waals surface area contributed by atoms with Crippen LogP contribution in [0.15, 0.2) is 25.0 Å². The van der Waals surface area contributed by atoms with Crippen molar-refractivity contribution >= 4 is 35.2 Å². The van der Waals surface area contributed by atoms with Crippen molar-refractivity contribution < 1.29 is 28.8 Å². The van der Waals surface area contributed by atoms with Crippen molar-refractivity contribution in [1.29, 1.82) is 0 Å². The highest BCUT2D eigenvalue weighted by atomic mass is 16.2. The molecule has 0 bridgehead atoms. The van der Waals surface area contributed by atoms with E-state index in [4.69, 9.17) is 0 Å². The minimum Gasteiger partial charge on any atom is -0.354 e. The predicted octanol–water partition coefficient (Wildman–Crippen LogP) is 6.86. The second-order valence-electron chi connectivity index (χ2n) is 17.7. The fourth-order valence-corrected chi connectivity index (χ4v) is 7.35. The van der Waals surface area contributed by atoms with Gasteiger partial charge in [-0.3, -0.25) is 28.8 Å². The lowest BCUT2D eigenvalue weighted by Gasteiger charge is -2.27. The fraction of sp³-hybridized carbons (Fsp3) is 0.739. The maximum Gasteiger partial charge on any atom is 0.243 e. The summed E-state index contributed by atoms with van der Waals surface area (Å²) in [4.78, 5) is 95.0. The summed E-state index contributed by atoms with van der Waals surface area (Å²) in [6.07, 6.45) is 22.3. The van der Waals surface area contributed by atoms with E-state index >= 15 is 0 Å². The van der Waals surface area contributed by atoms with Crippen LogP contribution in [0.25, 0.3) is 0 Å². The number of nitrogens with one attached hydrogen (secondary N) is 6. The highest BCUT2D eigenvalue weighted by Crippen LogP contribution is 2.18. The average Bonchev–Trinajstić information content (AvgIpc) is 3.91. The van der Waals surface area contributed by atoms with Gasteiger partial charge in [-0.15, -0.1) is 0 Å². The van der Waals surface area contributed by atoms with Gasteiger partial charge in [0.05, 0.1) is 30.7 Å². The van der Waals surface area contributed by atoms with Crippen LogP contribution in [0.4, 0.5) is 0 Å². The number of carbonyl (C=O) groups is 6. The average molecular weight is 839 g/mol. The summed E-state index contributed by atoms with van der Waals surface area (Å²) in [6.45, 7) is 14.9. The Morgan fingerprint density at radius 2 is 1.07 bits per heavy atom. The Hall–Kier alpha value is -4.36. The molecule has 2 aromatic heterocycles. The standard InChI is InChI=1S/C46H78N8O6/c1-9-10-11-12-13-14-15-16-17-18-19-20-21-22-41(57)53-43(32(4)5)46(60)52-38(26-37-28-48-30-50-37)39(55)23-34(8)44(58)54-42(31(2)3)40(56)25-35(45(59)51-33(6)7)24-36-27-47-29-49-36/h27-35,38,42-43H,9-26H2,1-8H3,(H,47,49)(H,48,50)(H,51,59)(H,52,60)(H,53,57)(H,54,58)/t34-,35-,38+,42+,43+/m1/s1. The number of rotatable bonds is 33. The molecule has 0 aliphatic heterocycles. The largest absolute Gasteiger partial charge is 0.354 e. The zero-order valence-electron chi connectivity index (χ0n) is 38.0. The van der Waals surface area contributed by atoms with Crippen LogP contribution in [0.3, 0.4) is 0 Å². The molecule has 4 amide bonds. The summed E-state index contributed by atoms with van der Waals surface area (Å²) in [5.74, 6) is -4.13. The van der Waals surface area contributed by atoms with Gasteiger partial charge in [-0.2, -0.15) is 0 Å². The molecular formula is C46H78N8O6. The highest BCUT2D eigenvalue weighted by molar-refractivity contribution is 5.96. The van der Waals surface area contributed by atoms with Crippen molar-refractivity contribution in [3.8, 4) is 0 Å². The Bertz CT molecular complexity index is 1540. The number of hydrogen-bond donors (Lipinski definition) is 6. The molecule has 338 valence electrons. The molecule has 0 radical (unpaired) electrons. The second-order valence-corrected chi connectivity index (χ2v) is 17.7. The zero-order chi connectivity index (χ0) is 44.5. The van der Waals surface area contributed by atoms with Crippen LogP contribution < -0.4 is 21.3 Å². The minimum atomic E-state index is -1.00. The van der Waals surface area contributed by atoms with Crippen molar-refractivity contribution in [2.45, 2.75) is 195 Å². The lowest BCUT2D eigenvalue weighted by atomic mass is 9.89. The third-order valence-corrected chi connectivity index (χ3v) is 11.0. The van der Waals surface area contributed by atoms with Gasteiger partial charge in [-0.1, -0.05) is 119 Å². The molecule has 2 heterocycles. The van der Waals surface area contributed by atoms with E-state index in [1.807, 2.05) is 41.5 Å². The van der Waals surface area contributed by atoms with Crippen molar-refractivity contribution in [2.75, 3.05) is 0 Å². The molecule has 0 aliphatic rings. The molecule has 2 rings (SSSR count). The highest BCUT2D eigenvalue weighted by Gasteiger charge is 2.34. The van der Waals surface area contributed by atoms with E-state index < -0.39 is 41.8 Å². The Balaban J connectivity index is 1.96. The van der Waals surface area contributed by atoms with E-state index in [9.17, 15) is 28.8 Å². The Morgan fingerprint density at radius 1 is 0.550 bits per heavy atom. The molecule has 0 saturated heterocycles. The number of imidazole rings is 2. The van der Waals surface area contributed by atoms with Crippen LogP contribution in [-0.4, -0.2) is 79.3 Å². The lowest BCUT2D eigenvalue weighted by molar-refractivity contribution is -0.135. The maximum absolute atomic E-state index is 13.9. The van der Waals surface area contributed by atoms with Crippen molar-refractivity contribution in [3.05, 3.63) is 36.4 Å². The van der Waals surface area contributed by atoms with Crippen LogP contribution >= 0.6 is 0 Å². The van der Waals surface area contributed by atoms with Gasteiger partial charge in [0.15, 0.2) is 11.6 Å². The quantitative estimate of drug-likeness (QED) is 0.0418. The molecule has 14 heteroatoms. The maximum atomic E-state index is 13.9. The van der Waals surface area contributed by atoms with Crippen LogP contribution in [0.2, 0.25) is 0 Å². The molecule has 0 fully saturated rings. The van der Waals surface area contributed by atoms with Crippen LogP contribution in [0.5, 0.6) is 0 Å². The number of carbonyl (C=O) groups excluding carboxylic acids is 6. The third kappa shape index (κ3) is 20.7. The number of aromatic amines is 2. The monoisotopic (exact) mass is 839 g/mol. The minimum absolute atomic E-state index is 0.0980. The number of ketones is 2. The fourth-order valence-electron chi connectivity index (χ4n) is 7.35. The van der Waals surface area contributed by atoms with E-state index in [1.54, 1.807) is 19.3 Å². The molecule has 14 nitrogen and oxygen atoms in total. The first-order valence-corrected chi connectivity index (χ1v) is 22.8. The van der Waals surface area contributed by atoms with E-state index in [1.165, 1.54) is 76.9 Å². The summed E-state index contributed by atoms with van der Waals surface area (Å²) in [5, 5.41) is 11.5. The first-order valence-electron chi connectivity index (χ1n) is 22.8. The van der Waals surface area contributed by atoms with E-state index in [-0.39, 0.29) is 66.9 Å². The summed E-state index contributed by atoms with van der Waals surface area (Å²) in [7, 11) is 0. The van der Waals surface area contributed by atoms with Crippen LogP contribution in [0.1, 0.15) is 170 Å². The smallest absolute Gasteiger partial charge is 0.243 e. The van der Waals surface area contributed by atoms with Crippen molar-refractivity contribution in [1.82, 2.24) is 41.2 Å². The molecule has 60 heavy (non-hydrogen) atoms. The van der Waals surface area contributed by atoms with Gasteiger partial charge in [-0.05, 0) is 32.1 Å². The molecule has 0 aliphatic carbocycles. The second kappa shape index (κ2) is 29.0. The van der Waals surface area contributed by atoms with Gasteiger partial charge < -0.3 is 31.2 Å². The van der Waals surface area contributed by atoms with Crippen molar-refractivity contribution in [2.24, 2.45) is 23.7 Å². The number of nitrogens with zero attached hydrogens (tertiary/aromatic N) is 2. The lowest BCUT2D eigenvalue weighted by Crippen LogP contribution is -2.54. The number of amides is 4. The Kier molecular flexibility index (Phi) is 25.0. The van der Waals surface area contributed by atoms with E-state index in [0.717, 1.165) is 19.3 Å². The van der Waals surface area contributed by atoms with E-state index in [2.05, 4.69) is 48.1 Å². The summed E-state index contributed by atoms with van der Waals surface area (Å²) in [5.41, 5.74) is 1.34. The van der Waals surface area contributed by atoms with E-state index in [0.29, 0.717) is 17.8 Å². The van der Waals surface area contributed by atoms with Gasteiger partial charge >= 0.3 is 0 Å². The Morgan fingerprint density at radius 3 is 1.55 bits per heavy atom. The van der Waals surface area contributed by atoms with Crippen LogP contribution in [-0.2, 0) is 41.6 Å². The number of unbranched alkanes of at least 4 members (excludes halogenated alkanes) is 12. The SMILES string of the molecule is CCCCCCCCCCCCCCCC(=O)N[C@H](C(=O)N[C@@H](Cc1cnc[nH]1)C(=O)C[C@@H](C)C(=O)N[C@H](C(=O)C[C@@H](Cc1cnc[nH]1)C(=O)NC(C)C)C(C)C)C(C)C. The van der Waals surface area contributed by atoms with Gasteiger partial charge in [-0.25, -0.2) is 9.97 Å². The topological polar surface area (TPSA) is 208 Å². The predicted molar refractivity (Wildman–Crippen MR) is 236 cm³/mol. The van der Waals surface area contributed by atoms with Crippen molar-refractivity contribution in [3.63, 3.8) is 0 Å². The zero-order valence-corrected chi connectivity index (χ0v) is 38.0. The van der Waals surface area contributed by atoms with Crippen LogP contribution in [0, 0.1) is 23.7 Å². The number of aromatic nitrogens is 4. The molecular weight excluding hydrogens is 761 g/mol. The Labute approximate surface area is 359 Å². The number of H-pyrrole nitrogens is 2. The first kappa shape index (κ1) is 51.8. The molecule has 0 spiro atoms. The summed E-state index contributed by atoms with van der Waals surface area (Å²) < 4.78 is 0. The first-order chi connectivity index (χ1) is 28.6. The van der Waals surface area contributed by atoms with Gasteiger partial charge in [0, 0.05) is 67.8 Å². The molecule has 0 unspecified atom stereocenters. The van der Waals surface area contributed by atoms with Gasteiger partial charge in [0.2, 0.25) is 23.6 Å². The molecule has 5 atom stereocenters. The van der Waals surface area contributed by atoms with Gasteiger partial charge in [0.25, 0.3) is 0 Å². The summed E-state index contributed by atoms with van der Waals surface area (Å²) >= 11 is 0. The molecule has 2 aromatic rings. The molecule has 0 saturated carbocycles. The summed E-state index contributed by atoms with van der Waals surface area (Å²) in [6, 6.07) is -2.86. The third-order valence-electron chi connectivity index (χ3n) is 11.0. The molecule has 6 N–H and O–H groups in total. The number of hydrogen-bond acceptors (Lipinski definition) is 8. The van der Waals surface area contributed by atoms with Gasteiger partial charge in [0.1, 0.15) is 6.04 Å².